The van der Waals surface area contributed by atoms with Crippen LogP contribution in [0, 0.1) is 17.8 Å². The largest absolute Gasteiger partial charge is 0.490 e. The molecule has 0 saturated carbocycles. The van der Waals surface area contributed by atoms with Gasteiger partial charge in [0.05, 0.1) is 44.8 Å². The van der Waals surface area contributed by atoms with Gasteiger partial charge in [0.25, 0.3) is 5.91 Å². The molecule has 0 unspecified atom stereocenters. The number of likely N-dealkylation sites (tertiary alicyclic amines) is 1. The smallest absolute Gasteiger partial charge is 0.475 e. The third-order valence-corrected chi connectivity index (χ3v) is 5.26. The number of hydroxylamine groups is 2. The zero-order chi connectivity index (χ0) is 21.0. The number of alkyl halides is 3. The highest BCUT2D eigenvalue weighted by atomic mass is 19.4. The van der Waals surface area contributed by atoms with E-state index >= 15 is 0 Å². The van der Waals surface area contributed by atoms with Crippen LogP contribution in [0.5, 0.6) is 0 Å². The molecule has 4 heterocycles. The first-order valence-electron chi connectivity index (χ1n) is 9.31. The SMILES string of the molecule is O=C(O)C(F)(F)F.O=C([C@H]1COC[C@H]2CN(Cc3ccoc3)C[C@H]21)N1CCCO1. The summed E-state index contributed by atoms with van der Waals surface area (Å²) in [6, 6.07) is 2.00. The average Bonchev–Trinajstić information content (AvgIpc) is 3.42. The molecule has 162 valence electrons. The van der Waals surface area contributed by atoms with Crippen molar-refractivity contribution >= 4 is 11.9 Å². The minimum absolute atomic E-state index is 0.0637. The summed E-state index contributed by atoms with van der Waals surface area (Å²) in [6.07, 6.45) is -0.655. The van der Waals surface area contributed by atoms with E-state index in [9.17, 15) is 18.0 Å². The molecule has 1 aromatic rings. The van der Waals surface area contributed by atoms with Gasteiger partial charge in [0.2, 0.25) is 0 Å². The van der Waals surface area contributed by atoms with Crippen LogP contribution in [-0.2, 0) is 25.7 Å². The molecule has 0 spiro atoms. The third-order valence-electron chi connectivity index (χ3n) is 5.26. The number of carbonyl (C=O) groups excluding carboxylic acids is 1. The molecule has 4 rings (SSSR count). The Morgan fingerprint density at radius 1 is 1.24 bits per heavy atom. The Balaban J connectivity index is 0.000000298. The molecular formula is C18H23F3N2O6. The van der Waals surface area contributed by atoms with E-state index in [2.05, 4.69) is 4.90 Å². The molecule has 3 aliphatic heterocycles. The van der Waals surface area contributed by atoms with Crippen molar-refractivity contribution in [2.45, 2.75) is 19.1 Å². The highest BCUT2D eigenvalue weighted by Gasteiger charge is 2.45. The first-order chi connectivity index (χ1) is 13.8. The lowest BCUT2D eigenvalue weighted by Gasteiger charge is -2.33. The Kier molecular flexibility index (Phi) is 6.81. The molecule has 3 aliphatic rings. The fourth-order valence-electron chi connectivity index (χ4n) is 3.92. The lowest BCUT2D eigenvalue weighted by Crippen LogP contribution is -2.45. The van der Waals surface area contributed by atoms with Crippen LogP contribution in [0.1, 0.15) is 12.0 Å². The topological polar surface area (TPSA) is 92.4 Å². The van der Waals surface area contributed by atoms with E-state index in [0.717, 1.165) is 32.7 Å². The van der Waals surface area contributed by atoms with Gasteiger partial charge in [0.15, 0.2) is 0 Å². The van der Waals surface area contributed by atoms with Crippen molar-refractivity contribution in [2.75, 3.05) is 39.5 Å². The van der Waals surface area contributed by atoms with Crippen molar-refractivity contribution in [3.8, 4) is 0 Å². The fourth-order valence-corrected chi connectivity index (χ4v) is 3.92. The molecule has 1 N–H and O–H groups in total. The first kappa shape index (κ1) is 21.6. The maximum atomic E-state index is 12.7. The Hall–Kier alpha value is -2.11. The van der Waals surface area contributed by atoms with Crippen LogP contribution in [0.15, 0.2) is 23.0 Å². The molecule has 0 radical (unpaired) electrons. The van der Waals surface area contributed by atoms with Crippen LogP contribution in [0.2, 0.25) is 0 Å². The molecule has 0 aliphatic carbocycles. The predicted octanol–water partition coefficient (Wildman–Crippen LogP) is 1.77. The Bertz CT molecular complexity index is 690. The van der Waals surface area contributed by atoms with Gasteiger partial charge in [-0.25, -0.2) is 9.86 Å². The average molecular weight is 420 g/mol. The second kappa shape index (κ2) is 9.14. The van der Waals surface area contributed by atoms with E-state index in [4.69, 9.17) is 23.9 Å². The predicted molar refractivity (Wildman–Crippen MR) is 91.2 cm³/mol. The molecule has 3 atom stereocenters. The summed E-state index contributed by atoms with van der Waals surface area (Å²) >= 11 is 0. The van der Waals surface area contributed by atoms with Gasteiger partial charge in [-0.15, -0.1) is 0 Å². The summed E-state index contributed by atoms with van der Waals surface area (Å²) in [5.74, 6) is -1.90. The number of ether oxygens (including phenoxy) is 1. The highest BCUT2D eigenvalue weighted by molar-refractivity contribution is 5.78. The van der Waals surface area contributed by atoms with Crippen molar-refractivity contribution in [1.29, 1.82) is 0 Å². The lowest BCUT2D eigenvalue weighted by molar-refractivity contribution is -0.192. The van der Waals surface area contributed by atoms with Crippen molar-refractivity contribution in [3.63, 3.8) is 0 Å². The van der Waals surface area contributed by atoms with Gasteiger partial charge < -0.3 is 14.3 Å². The van der Waals surface area contributed by atoms with Crippen LogP contribution in [0.4, 0.5) is 13.2 Å². The molecule has 3 fully saturated rings. The minimum atomic E-state index is -5.08. The molecule has 1 aromatic heterocycles. The number of nitrogens with zero attached hydrogens (tertiary/aromatic N) is 2. The summed E-state index contributed by atoms with van der Waals surface area (Å²) in [7, 11) is 0. The number of amides is 1. The van der Waals surface area contributed by atoms with E-state index in [0.29, 0.717) is 31.6 Å². The van der Waals surface area contributed by atoms with Gasteiger partial charge in [-0.2, -0.15) is 13.2 Å². The molecule has 8 nitrogen and oxygen atoms in total. The molecule has 29 heavy (non-hydrogen) atoms. The highest BCUT2D eigenvalue weighted by Crippen LogP contribution is 2.36. The zero-order valence-electron chi connectivity index (χ0n) is 15.6. The summed E-state index contributed by atoms with van der Waals surface area (Å²) in [4.78, 5) is 29.4. The Labute approximate surface area is 165 Å². The number of rotatable bonds is 3. The van der Waals surface area contributed by atoms with Crippen LogP contribution in [-0.4, -0.2) is 72.6 Å². The Morgan fingerprint density at radius 2 is 2.00 bits per heavy atom. The van der Waals surface area contributed by atoms with Crippen molar-refractivity contribution in [1.82, 2.24) is 9.96 Å². The molecule has 3 saturated heterocycles. The van der Waals surface area contributed by atoms with Crippen molar-refractivity contribution in [2.24, 2.45) is 17.8 Å². The van der Waals surface area contributed by atoms with E-state index in [1.54, 1.807) is 17.6 Å². The second-order valence-electron chi connectivity index (χ2n) is 7.32. The van der Waals surface area contributed by atoms with Gasteiger partial charge in [0, 0.05) is 25.2 Å². The van der Waals surface area contributed by atoms with Crippen molar-refractivity contribution in [3.05, 3.63) is 24.2 Å². The minimum Gasteiger partial charge on any atom is -0.475 e. The normalized spacial score (nSPS) is 27.3. The van der Waals surface area contributed by atoms with Gasteiger partial charge in [-0.1, -0.05) is 0 Å². The first-order valence-corrected chi connectivity index (χ1v) is 9.31. The number of hydrogen-bond acceptors (Lipinski definition) is 6. The summed E-state index contributed by atoms with van der Waals surface area (Å²) in [5.41, 5.74) is 1.19. The van der Waals surface area contributed by atoms with E-state index in [1.165, 1.54) is 5.56 Å². The number of furan rings is 1. The summed E-state index contributed by atoms with van der Waals surface area (Å²) in [5, 5.41) is 8.68. The quantitative estimate of drug-likeness (QED) is 0.797. The van der Waals surface area contributed by atoms with E-state index < -0.39 is 12.1 Å². The van der Waals surface area contributed by atoms with Crippen molar-refractivity contribution < 1.29 is 41.9 Å². The fraction of sp³-hybridized carbons (Fsp3) is 0.667. The van der Waals surface area contributed by atoms with Gasteiger partial charge in [-0.3, -0.25) is 14.5 Å². The lowest BCUT2D eigenvalue weighted by atomic mass is 9.82. The molecular weight excluding hydrogens is 397 g/mol. The molecule has 1 amide bonds. The maximum Gasteiger partial charge on any atom is 0.490 e. The van der Waals surface area contributed by atoms with Crippen LogP contribution >= 0.6 is 0 Å². The van der Waals surface area contributed by atoms with Gasteiger partial charge in [-0.05, 0) is 24.3 Å². The monoisotopic (exact) mass is 420 g/mol. The number of halogens is 3. The van der Waals surface area contributed by atoms with Gasteiger partial charge >= 0.3 is 12.1 Å². The Morgan fingerprint density at radius 3 is 2.59 bits per heavy atom. The standard InChI is InChI=1S/C16H22N2O4.C2HF3O2/c19-16(18-3-1-4-22-18)15-11-21-10-13-7-17(8-14(13)15)6-12-2-5-20-9-12;3-2(4,5)1(6)7/h2,5,9,13-15H,1,3-4,6-8,10-11H2;(H,6,7)/t13-,14-,15+;/m1./s1. The number of aliphatic carboxylic acids is 1. The molecule has 0 aromatic carbocycles. The summed E-state index contributed by atoms with van der Waals surface area (Å²) < 4.78 is 42.6. The number of carbonyl (C=O) groups is 2. The van der Waals surface area contributed by atoms with Crippen LogP contribution in [0.25, 0.3) is 0 Å². The van der Waals surface area contributed by atoms with Crippen LogP contribution in [0.3, 0.4) is 0 Å². The maximum absolute atomic E-state index is 12.7. The number of hydrogen-bond donors (Lipinski definition) is 1. The molecule has 0 bridgehead atoms. The van der Waals surface area contributed by atoms with Gasteiger partial charge in [0.1, 0.15) is 0 Å². The number of carboxylic acids is 1. The second-order valence-corrected chi connectivity index (χ2v) is 7.32. The number of fused-ring (bicyclic) bond motifs is 1. The third kappa shape index (κ3) is 5.49. The number of carboxylic acid groups (broad SMARTS) is 1. The van der Waals surface area contributed by atoms with Crippen LogP contribution < -0.4 is 0 Å². The van der Waals surface area contributed by atoms with E-state index in [1.807, 2.05) is 6.07 Å². The summed E-state index contributed by atoms with van der Waals surface area (Å²) in [6.45, 7) is 5.47. The molecule has 11 heteroatoms. The zero-order valence-corrected chi connectivity index (χ0v) is 15.6. The van der Waals surface area contributed by atoms with E-state index in [-0.39, 0.29) is 11.8 Å².